The molecule has 5 nitrogen and oxygen atoms in total. The highest BCUT2D eigenvalue weighted by Gasteiger charge is 2.14. The Morgan fingerprint density at radius 1 is 0.857 bits per heavy atom. The fourth-order valence-corrected chi connectivity index (χ4v) is 3.60. The summed E-state index contributed by atoms with van der Waals surface area (Å²) in [5, 5.41) is 2.80. The predicted octanol–water partition coefficient (Wildman–Crippen LogP) is 4.44. The van der Waals surface area contributed by atoms with Gasteiger partial charge < -0.3 is 5.32 Å². The molecule has 0 aliphatic rings. The van der Waals surface area contributed by atoms with Gasteiger partial charge in [0.15, 0.2) is 0 Å². The number of hydrogen-bond acceptors (Lipinski definition) is 3. The smallest absolute Gasteiger partial charge is 0.261 e. The highest BCUT2D eigenvalue weighted by Crippen LogP contribution is 2.18. The average Bonchev–Trinajstić information content (AvgIpc) is 2.69. The maximum Gasteiger partial charge on any atom is 0.261 e. The van der Waals surface area contributed by atoms with Crippen LogP contribution < -0.4 is 10.0 Å². The second-order valence-corrected chi connectivity index (χ2v) is 7.82. The van der Waals surface area contributed by atoms with Crippen LogP contribution in [0.5, 0.6) is 0 Å². The molecule has 3 rings (SSSR count). The lowest BCUT2D eigenvalue weighted by molar-refractivity contribution is 0.102. The van der Waals surface area contributed by atoms with Gasteiger partial charge in [0.1, 0.15) is 5.82 Å². The Labute approximate surface area is 163 Å². The van der Waals surface area contributed by atoms with Crippen LogP contribution in [-0.4, -0.2) is 14.3 Å². The number of benzene rings is 3. The molecule has 7 heteroatoms. The fourth-order valence-electron chi connectivity index (χ4n) is 2.54. The number of carbonyl (C=O) groups excluding carboxylic acids is 1. The molecule has 0 saturated carbocycles. The molecule has 0 atom stereocenters. The van der Waals surface area contributed by atoms with Crippen LogP contribution in [0.15, 0.2) is 77.7 Å². The van der Waals surface area contributed by atoms with Gasteiger partial charge in [-0.15, -0.1) is 0 Å². The van der Waals surface area contributed by atoms with Gasteiger partial charge in [-0.3, -0.25) is 9.52 Å². The number of hydrogen-bond donors (Lipinski definition) is 2. The number of aryl methyl sites for hydroxylation is 1. The van der Waals surface area contributed by atoms with E-state index >= 15 is 0 Å². The molecule has 3 aromatic rings. The first kappa shape index (κ1) is 19.6. The summed E-state index contributed by atoms with van der Waals surface area (Å²) in [6.07, 6.45) is 0.920. The van der Waals surface area contributed by atoms with Crippen LogP contribution in [0.2, 0.25) is 0 Å². The average molecular weight is 398 g/mol. The Kier molecular flexibility index (Phi) is 5.75. The number of sulfonamides is 1. The summed E-state index contributed by atoms with van der Waals surface area (Å²) >= 11 is 0. The Hall–Kier alpha value is -3.19. The zero-order valence-corrected chi connectivity index (χ0v) is 16.0. The first-order valence-electron chi connectivity index (χ1n) is 8.66. The second-order valence-electron chi connectivity index (χ2n) is 6.14. The number of halogens is 1. The highest BCUT2D eigenvalue weighted by atomic mass is 32.2. The van der Waals surface area contributed by atoms with Crippen molar-refractivity contribution in [2.45, 2.75) is 18.2 Å². The Morgan fingerprint density at radius 3 is 2.00 bits per heavy atom. The largest absolute Gasteiger partial charge is 0.322 e. The van der Waals surface area contributed by atoms with Crippen LogP contribution in [0.4, 0.5) is 15.8 Å². The molecule has 2 N–H and O–H groups in total. The lowest BCUT2D eigenvalue weighted by Crippen LogP contribution is -2.14. The van der Waals surface area contributed by atoms with E-state index in [-0.39, 0.29) is 10.8 Å². The van der Waals surface area contributed by atoms with Crippen LogP contribution in [0.1, 0.15) is 22.8 Å². The molecule has 0 aliphatic carbocycles. The standard InChI is InChI=1S/C21H19FN2O3S/c1-2-15-3-9-18(10-4-15)23-21(25)16-5-11-19(12-6-16)24-28(26,27)20-13-7-17(22)8-14-20/h3-14,24H,2H2,1H3,(H,23,25). The van der Waals surface area contributed by atoms with Crippen molar-refractivity contribution in [2.24, 2.45) is 0 Å². The van der Waals surface area contributed by atoms with Crippen LogP contribution >= 0.6 is 0 Å². The van der Waals surface area contributed by atoms with Crippen LogP contribution in [0.3, 0.4) is 0 Å². The van der Waals surface area contributed by atoms with Crippen molar-refractivity contribution in [2.75, 3.05) is 10.0 Å². The van der Waals surface area contributed by atoms with E-state index in [2.05, 4.69) is 17.0 Å². The van der Waals surface area contributed by atoms with Gasteiger partial charge in [0.05, 0.1) is 4.90 Å². The molecule has 28 heavy (non-hydrogen) atoms. The molecule has 0 aromatic heterocycles. The molecule has 0 saturated heterocycles. The van der Waals surface area contributed by atoms with Crippen molar-refractivity contribution < 1.29 is 17.6 Å². The maximum absolute atomic E-state index is 13.0. The van der Waals surface area contributed by atoms with E-state index in [0.29, 0.717) is 16.9 Å². The van der Waals surface area contributed by atoms with Gasteiger partial charge >= 0.3 is 0 Å². The minimum absolute atomic E-state index is 0.0498. The Morgan fingerprint density at radius 2 is 1.43 bits per heavy atom. The summed E-state index contributed by atoms with van der Waals surface area (Å²) in [7, 11) is -3.84. The number of amides is 1. The van der Waals surface area contributed by atoms with Crippen molar-refractivity contribution in [3.05, 3.63) is 89.7 Å². The molecule has 0 bridgehead atoms. The zero-order chi connectivity index (χ0) is 20.1. The summed E-state index contributed by atoms with van der Waals surface area (Å²) in [4.78, 5) is 12.3. The first-order valence-corrected chi connectivity index (χ1v) is 10.1. The molecule has 0 fully saturated rings. The van der Waals surface area contributed by atoms with E-state index in [0.717, 1.165) is 18.6 Å². The van der Waals surface area contributed by atoms with Crippen molar-refractivity contribution in [1.82, 2.24) is 0 Å². The van der Waals surface area contributed by atoms with Gasteiger partial charge in [0.25, 0.3) is 15.9 Å². The van der Waals surface area contributed by atoms with Gasteiger partial charge in [0.2, 0.25) is 0 Å². The van der Waals surface area contributed by atoms with Crippen LogP contribution in [0.25, 0.3) is 0 Å². The third kappa shape index (κ3) is 4.75. The predicted molar refractivity (Wildman–Crippen MR) is 107 cm³/mol. The topological polar surface area (TPSA) is 75.3 Å². The van der Waals surface area contributed by atoms with E-state index in [1.54, 1.807) is 0 Å². The summed E-state index contributed by atoms with van der Waals surface area (Å²) in [5.74, 6) is -0.809. The van der Waals surface area contributed by atoms with E-state index in [1.807, 2.05) is 24.3 Å². The number of nitrogens with one attached hydrogen (secondary N) is 2. The molecular weight excluding hydrogens is 379 g/mol. The maximum atomic E-state index is 13.0. The summed E-state index contributed by atoms with van der Waals surface area (Å²) in [6.45, 7) is 2.06. The monoisotopic (exact) mass is 398 g/mol. The molecule has 144 valence electrons. The second kappa shape index (κ2) is 8.22. The molecule has 3 aromatic carbocycles. The lowest BCUT2D eigenvalue weighted by atomic mass is 10.1. The molecule has 0 spiro atoms. The molecule has 0 radical (unpaired) electrons. The van der Waals surface area contributed by atoms with Crippen molar-refractivity contribution in [1.29, 1.82) is 0 Å². The molecule has 0 unspecified atom stereocenters. The SMILES string of the molecule is CCc1ccc(NC(=O)c2ccc(NS(=O)(=O)c3ccc(F)cc3)cc2)cc1. The van der Waals surface area contributed by atoms with Crippen LogP contribution in [0, 0.1) is 5.82 Å². The first-order chi connectivity index (χ1) is 13.4. The third-order valence-electron chi connectivity index (χ3n) is 4.14. The van der Waals surface area contributed by atoms with Crippen molar-refractivity contribution in [3.63, 3.8) is 0 Å². The van der Waals surface area contributed by atoms with Gasteiger partial charge in [-0.2, -0.15) is 0 Å². The number of rotatable bonds is 6. The minimum atomic E-state index is -3.84. The Bertz CT molecular complexity index is 1060. The van der Waals surface area contributed by atoms with E-state index < -0.39 is 15.8 Å². The van der Waals surface area contributed by atoms with E-state index in [4.69, 9.17) is 0 Å². The molecule has 0 aliphatic heterocycles. The van der Waals surface area contributed by atoms with Crippen molar-refractivity contribution >= 4 is 27.3 Å². The van der Waals surface area contributed by atoms with Crippen molar-refractivity contribution in [3.8, 4) is 0 Å². The van der Waals surface area contributed by atoms with Crippen LogP contribution in [-0.2, 0) is 16.4 Å². The van der Waals surface area contributed by atoms with E-state index in [9.17, 15) is 17.6 Å². The molecule has 0 heterocycles. The Balaban J connectivity index is 1.68. The summed E-state index contributed by atoms with van der Waals surface area (Å²) in [5.41, 5.74) is 2.55. The third-order valence-corrected chi connectivity index (χ3v) is 5.54. The lowest BCUT2D eigenvalue weighted by Gasteiger charge is -2.09. The number of anilines is 2. The zero-order valence-electron chi connectivity index (χ0n) is 15.1. The fraction of sp³-hybridized carbons (Fsp3) is 0.0952. The summed E-state index contributed by atoms with van der Waals surface area (Å²) in [6, 6.07) is 18.1. The minimum Gasteiger partial charge on any atom is -0.322 e. The van der Waals surface area contributed by atoms with Gasteiger partial charge in [-0.05, 0) is 72.6 Å². The highest BCUT2D eigenvalue weighted by molar-refractivity contribution is 7.92. The van der Waals surface area contributed by atoms with Gasteiger partial charge in [0, 0.05) is 16.9 Å². The molecular formula is C21H19FN2O3S. The molecule has 1 amide bonds. The number of carbonyl (C=O) groups is 1. The summed E-state index contributed by atoms with van der Waals surface area (Å²) < 4.78 is 40.0. The van der Waals surface area contributed by atoms with Gasteiger partial charge in [-0.25, -0.2) is 12.8 Å². The normalized spacial score (nSPS) is 11.1. The van der Waals surface area contributed by atoms with E-state index in [1.165, 1.54) is 42.0 Å². The van der Waals surface area contributed by atoms with Gasteiger partial charge in [-0.1, -0.05) is 19.1 Å². The quantitative estimate of drug-likeness (QED) is 0.645.